The molecular formula is CH5NO4S. The highest BCUT2D eigenvalue weighted by molar-refractivity contribution is 7.86. The molecule has 0 aliphatic rings. The van der Waals surface area contributed by atoms with Crippen LogP contribution in [0.15, 0.2) is 0 Å². The molecule has 0 aromatic carbocycles. The van der Waals surface area contributed by atoms with E-state index in [0.29, 0.717) is 0 Å². The monoisotopic (exact) mass is 127 g/mol. The van der Waals surface area contributed by atoms with Gasteiger partial charge in [0.05, 0.1) is 0 Å². The lowest BCUT2D eigenvalue weighted by molar-refractivity contribution is -0.130. The fourth-order valence-corrected chi connectivity index (χ4v) is 0.0913. The van der Waals surface area contributed by atoms with Crippen LogP contribution in [0.1, 0.15) is 0 Å². The van der Waals surface area contributed by atoms with Crippen LogP contribution in [0.5, 0.6) is 0 Å². The average Bonchev–Trinajstić information content (AvgIpc) is 1.68. The molecule has 0 radical (unpaired) electrons. The fourth-order valence-electron chi connectivity index (χ4n) is 0.0304. The van der Waals surface area contributed by atoms with Gasteiger partial charge in [0.25, 0.3) is 0 Å². The van der Waals surface area contributed by atoms with E-state index in [0.717, 1.165) is 0 Å². The second-order valence-corrected chi connectivity index (χ2v) is 2.40. The number of rotatable bonds is 2. The Morgan fingerprint density at radius 1 is 1.71 bits per heavy atom. The van der Waals surface area contributed by atoms with E-state index in [1.54, 1.807) is 0 Å². The number of hydrogen-bond acceptors (Lipinski definition) is 5. The largest absolute Gasteiger partial charge is 0.316 e. The predicted octanol–water partition coefficient (Wildman–Crippen LogP) is -1.28. The zero-order valence-electron chi connectivity index (χ0n) is 3.36. The van der Waals surface area contributed by atoms with E-state index in [-0.39, 0.29) is 0 Å². The van der Waals surface area contributed by atoms with Crippen molar-refractivity contribution >= 4 is 10.1 Å². The molecular weight excluding hydrogens is 122 g/mol. The summed E-state index contributed by atoms with van der Waals surface area (Å²) in [5, 5.41) is 7.43. The Morgan fingerprint density at radius 2 is 2.14 bits per heavy atom. The summed E-state index contributed by atoms with van der Waals surface area (Å²) in [6.07, 6.45) is 0. The maximum atomic E-state index is 9.77. The maximum Gasteiger partial charge on any atom is 0.306 e. The zero-order valence-corrected chi connectivity index (χ0v) is 4.18. The molecule has 0 saturated heterocycles. The van der Waals surface area contributed by atoms with E-state index < -0.39 is 16.0 Å². The summed E-state index contributed by atoms with van der Waals surface area (Å²) < 4.78 is 22.5. The van der Waals surface area contributed by atoms with Crippen LogP contribution in [0, 0.1) is 0 Å². The molecule has 0 unspecified atom stereocenters. The molecule has 0 spiro atoms. The molecule has 6 heteroatoms. The van der Waals surface area contributed by atoms with Crippen LogP contribution < -0.4 is 5.73 Å². The van der Waals surface area contributed by atoms with Crippen molar-refractivity contribution in [3.05, 3.63) is 0 Å². The Morgan fingerprint density at radius 3 is 2.14 bits per heavy atom. The maximum absolute atomic E-state index is 9.77. The topological polar surface area (TPSA) is 89.6 Å². The van der Waals surface area contributed by atoms with Crippen molar-refractivity contribution in [3.63, 3.8) is 0 Å². The Hall–Kier alpha value is -0.170. The summed E-state index contributed by atoms with van der Waals surface area (Å²) in [6.45, 7) is 0. The molecule has 0 heterocycles. The second kappa shape index (κ2) is 2.22. The minimum absolute atomic E-state index is 0.705. The first-order chi connectivity index (χ1) is 3.12. The molecule has 7 heavy (non-hydrogen) atoms. The van der Waals surface area contributed by atoms with Crippen molar-refractivity contribution in [1.29, 1.82) is 0 Å². The van der Waals surface area contributed by atoms with Gasteiger partial charge in [0.1, 0.15) is 5.88 Å². The third-order valence-corrected chi connectivity index (χ3v) is 0.953. The molecule has 0 atom stereocenters. The third kappa shape index (κ3) is 2.52. The normalized spacial score (nSPS) is 11.7. The van der Waals surface area contributed by atoms with E-state index in [1.165, 1.54) is 0 Å². The van der Waals surface area contributed by atoms with Gasteiger partial charge >= 0.3 is 10.1 Å². The van der Waals surface area contributed by atoms with E-state index >= 15 is 0 Å². The van der Waals surface area contributed by atoms with Crippen molar-refractivity contribution in [2.24, 2.45) is 5.73 Å². The molecule has 0 bridgehead atoms. The Balaban J connectivity index is 3.89. The Labute approximate surface area is 40.8 Å². The first-order valence-corrected chi connectivity index (χ1v) is 2.96. The van der Waals surface area contributed by atoms with Crippen molar-refractivity contribution in [1.82, 2.24) is 0 Å². The molecule has 0 aromatic heterocycles. The van der Waals surface area contributed by atoms with Gasteiger partial charge in [0.15, 0.2) is 0 Å². The van der Waals surface area contributed by atoms with Crippen LogP contribution in [0.25, 0.3) is 0 Å². The highest BCUT2D eigenvalue weighted by atomic mass is 32.2. The van der Waals surface area contributed by atoms with Gasteiger partial charge in [0, 0.05) is 0 Å². The minimum atomic E-state index is -3.82. The quantitative estimate of drug-likeness (QED) is 0.356. The lowest BCUT2D eigenvalue weighted by Gasteiger charge is -1.88. The van der Waals surface area contributed by atoms with Gasteiger partial charge in [-0.25, -0.2) is 5.26 Å². The highest BCUT2D eigenvalue weighted by Crippen LogP contribution is 1.80. The van der Waals surface area contributed by atoms with Crippen LogP contribution in [0.4, 0.5) is 0 Å². The molecule has 0 aliphatic carbocycles. The van der Waals surface area contributed by atoms with Crippen LogP contribution in [0.3, 0.4) is 0 Å². The first kappa shape index (κ1) is 6.83. The first-order valence-electron chi connectivity index (χ1n) is 1.38. The van der Waals surface area contributed by atoms with Crippen molar-refractivity contribution in [2.45, 2.75) is 0 Å². The average molecular weight is 127 g/mol. The summed E-state index contributed by atoms with van der Waals surface area (Å²) in [4.78, 5) is 0. The van der Waals surface area contributed by atoms with E-state index in [1.807, 2.05) is 0 Å². The van der Waals surface area contributed by atoms with E-state index in [9.17, 15) is 8.42 Å². The molecule has 3 N–H and O–H groups in total. The van der Waals surface area contributed by atoms with Gasteiger partial charge in [0.2, 0.25) is 0 Å². The zero-order chi connectivity index (χ0) is 5.91. The Kier molecular flexibility index (Phi) is 2.16. The Bertz CT molecular complexity index is 115. The van der Waals surface area contributed by atoms with Gasteiger partial charge in [-0.3, -0.25) is 0 Å². The fraction of sp³-hybridized carbons (Fsp3) is 1.00. The van der Waals surface area contributed by atoms with Gasteiger partial charge in [-0.05, 0) is 0 Å². The smallest absolute Gasteiger partial charge is 0.306 e. The van der Waals surface area contributed by atoms with Crippen molar-refractivity contribution in [2.75, 3.05) is 5.88 Å². The van der Waals surface area contributed by atoms with Crippen molar-refractivity contribution < 1.29 is 18.0 Å². The molecule has 0 aliphatic heterocycles. The molecule has 0 amide bonds. The SMILES string of the molecule is NCS(=O)(=O)OO. The van der Waals surface area contributed by atoms with Crippen molar-refractivity contribution in [3.8, 4) is 0 Å². The van der Waals surface area contributed by atoms with Gasteiger partial charge in [-0.15, -0.1) is 4.33 Å². The van der Waals surface area contributed by atoms with E-state index in [4.69, 9.17) is 5.26 Å². The molecule has 0 rings (SSSR count). The second-order valence-electron chi connectivity index (χ2n) is 0.799. The lowest BCUT2D eigenvalue weighted by atomic mass is 11.6. The van der Waals surface area contributed by atoms with Gasteiger partial charge < -0.3 is 5.73 Å². The van der Waals surface area contributed by atoms with Crippen LogP contribution in [-0.4, -0.2) is 19.6 Å². The number of nitrogens with two attached hydrogens (primary N) is 1. The lowest BCUT2D eigenvalue weighted by Crippen LogP contribution is -2.15. The summed E-state index contributed by atoms with van der Waals surface area (Å²) >= 11 is 0. The molecule has 44 valence electrons. The summed E-state index contributed by atoms with van der Waals surface area (Å²) in [5.74, 6) is -0.705. The predicted molar refractivity (Wildman–Crippen MR) is 21.7 cm³/mol. The highest BCUT2D eigenvalue weighted by Gasteiger charge is 2.03. The van der Waals surface area contributed by atoms with E-state index in [2.05, 4.69) is 10.1 Å². The molecule has 0 fully saturated rings. The third-order valence-electron chi connectivity index (χ3n) is 0.318. The van der Waals surface area contributed by atoms with Crippen LogP contribution in [0.2, 0.25) is 0 Å². The molecule has 0 aromatic rings. The minimum Gasteiger partial charge on any atom is -0.316 e. The summed E-state index contributed by atoms with van der Waals surface area (Å²) in [5.41, 5.74) is 4.54. The van der Waals surface area contributed by atoms with Crippen LogP contribution in [-0.2, 0) is 14.5 Å². The van der Waals surface area contributed by atoms with Crippen LogP contribution >= 0.6 is 0 Å². The molecule has 5 nitrogen and oxygen atoms in total. The number of hydrogen-bond donors (Lipinski definition) is 2. The summed E-state index contributed by atoms with van der Waals surface area (Å²) in [7, 11) is -3.82. The molecule has 0 saturated carbocycles. The van der Waals surface area contributed by atoms with Gasteiger partial charge in [-0.2, -0.15) is 8.42 Å². The summed E-state index contributed by atoms with van der Waals surface area (Å²) in [6, 6.07) is 0. The van der Waals surface area contributed by atoms with Gasteiger partial charge in [-0.1, -0.05) is 0 Å². The standard InChI is InChI=1S/CH5NO4S/c2-1-7(4,5)6-3/h3H,1-2H2.